The van der Waals surface area contributed by atoms with Gasteiger partial charge >= 0.3 is 5.97 Å². The van der Waals surface area contributed by atoms with E-state index in [9.17, 15) is 29.4 Å². The summed E-state index contributed by atoms with van der Waals surface area (Å²) in [6, 6.07) is -4.53. The number of carboxylic acids is 1. The zero-order valence-electron chi connectivity index (χ0n) is 19.7. The quantitative estimate of drug-likeness (QED) is 0.189. The summed E-state index contributed by atoms with van der Waals surface area (Å²) in [4.78, 5) is 56.6. The van der Waals surface area contributed by atoms with Crippen LogP contribution in [0.5, 0.6) is 0 Å². The third-order valence-electron chi connectivity index (χ3n) is 5.47. The molecule has 1 rings (SSSR count). The number of nitrogens with one attached hydrogen (secondary N) is 4. The molecule has 0 aliphatic carbocycles. The van der Waals surface area contributed by atoms with Gasteiger partial charge in [0.05, 0.1) is 18.5 Å². The zero-order valence-corrected chi connectivity index (χ0v) is 19.7. The van der Waals surface area contributed by atoms with Crippen LogP contribution in [-0.4, -0.2) is 74.1 Å². The van der Waals surface area contributed by atoms with Gasteiger partial charge in [0.15, 0.2) is 6.04 Å². The van der Waals surface area contributed by atoms with Crippen molar-refractivity contribution in [2.75, 3.05) is 0 Å². The molecule has 1 heterocycles. The van der Waals surface area contributed by atoms with Crippen LogP contribution in [-0.2, 0) is 25.6 Å². The second-order valence-corrected chi connectivity index (χ2v) is 8.55. The van der Waals surface area contributed by atoms with Gasteiger partial charge in [-0.15, -0.1) is 0 Å². The molecule has 1 aromatic heterocycles. The zero-order chi connectivity index (χ0) is 25.3. The third-order valence-corrected chi connectivity index (χ3v) is 5.47. The van der Waals surface area contributed by atoms with E-state index in [0.717, 1.165) is 0 Å². The number of rotatable bonds is 13. The van der Waals surface area contributed by atoms with Crippen LogP contribution in [0.4, 0.5) is 0 Å². The van der Waals surface area contributed by atoms with Gasteiger partial charge in [0.2, 0.25) is 17.7 Å². The van der Waals surface area contributed by atoms with Crippen molar-refractivity contribution in [1.29, 1.82) is 0 Å². The normalized spacial score (nSPS) is 16.7. The first-order chi connectivity index (χ1) is 15.4. The number of H-pyrrole nitrogens is 1. The Kier molecular flexibility index (Phi) is 11.0. The van der Waals surface area contributed by atoms with E-state index in [1.807, 2.05) is 6.92 Å². The first-order valence-corrected chi connectivity index (χ1v) is 10.9. The Morgan fingerprint density at radius 1 is 1.03 bits per heavy atom. The summed E-state index contributed by atoms with van der Waals surface area (Å²) < 4.78 is 0. The summed E-state index contributed by atoms with van der Waals surface area (Å²) in [5.41, 5.74) is 6.42. The maximum Gasteiger partial charge on any atom is 0.328 e. The Morgan fingerprint density at radius 2 is 1.64 bits per heavy atom. The minimum Gasteiger partial charge on any atom is -0.480 e. The summed E-state index contributed by atoms with van der Waals surface area (Å²) >= 11 is 0. The molecule has 1 aromatic rings. The molecule has 8 N–H and O–H groups in total. The van der Waals surface area contributed by atoms with Crippen LogP contribution in [0.3, 0.4) is 0 Å². The van der Waals surface area contributed by atoms with Crippen molar-refractivity contribution in [3.8, 4) is 0 Å². The number of carbonyl (C=O) groups is 4. The maximum absolute atomic E-state index is 13.1. The first-order valence-electron chi connectivity index (χ1n) is 10.9. The van der Waals surface area contributed by atoms with Crippen molar-refractivity contribution in [3.05, 3.63) is 18.2 Å². The van der Waals surface area contributed by atoms with Gasteiger partial charge in [0.25, 0.3) is 0 Å². The molecule has 12 nitrogen and oxygen atoms in total. The molecule has 0 aromatic carbocycles. The molecule has 6 atom stereocenters. The van der Waals surface area contributed by atoms with Gasteiger partial charge in [-0.05, 0) is 18.8 Å². The number of amides is 3. The van der Waals surface area contributed by atoms with Crippen LogP contribution in [0.15, 0.2) is 12.5 Å². The number of hydrogen-bond donors (Lipinski definition) is 7. The SMILES string of the molecule is CCC(C)C(NC(=O)C(N)C(C)C)C(=O)NC(Cc1cnc[nH]1)C(=O)NC(C(=O)O)C(C)O. The Morgan fingerprint density at radius 3 is 2.09 bits per heavy atom. The molecule has 0 saturated carbocycles. The highest BCUT2D eigenvalue weighted by atomic mass is 16.4. The predicted octanol–water partition coefficient (Wildman–Crippen LogP) is -1.10. The predicted molar refractivity (Wildman–Crippen MR) is 120 cm³/mol. The molecule has 0 radical (unpaired) electrons. The van der Waals surface area contributed by atoms with Gasteiger partial charge in [0.1, 0.15) is 12.1 Å². The number of aliphatic hydroxyl groups excluding tert-OH is 1. The highest BCUT2D eigenvalue weighted by molar-refractivity contribution is 5.94. The summed E-state index contributed by atoms with van der Waals surface area (Å²) in [5, 5.41) is 26.5. The molecule has 186 valence electrons. The van der Waals surface area contributed by atoms with Gasteiger partial charge in [-0.1, -0.05) is 34.1 Å². The molecule has 0 spiro atoms. The molecule has 3 amide bonds. The number of aromatic amines is 1. The van der Waals surface area contributed by atoms with Crippen LogP contribution >= 0.6 is 0 Å². The van der Waals surface area contributed by atoms with E-state index in [-0.39, 0.29) is 18.3 Å². The minimum absolute atomic E-state index is 0.0175. The van der Waals surface area contributed by atoms with Crippen LogP contribution < -0.4 is 21.7 Å². The van der Waals surface area contributed by atoms with Crippen molar-refractivity contribution in [3.63, 3.8) is 0 Å². The number of hydrogen-bond acceptors (Lipinski definition) is 7. The number of carbonyl (C=O) groups excluding carboxylic acids is 3. The van der Waals surface area contributed by atoms with Gasteiger partial charge in [-0.2, -0.15) is 0 Å². The molecule has 33 heavy (non-hydrogen) atoms. The van der Waals surface area contributed by atoms with Gasteiger partial charge in [-0.25, -0.2) is 9.78 Å². The van der Waals surface area contributed by atoms with Crippen molar-refractivity contribution in [2.45, 2.75) is 77.7 Å². The largest absolute Gasteiger partial charge is 0.480 e. The Labute approximate surface area is 193 Å². The Hall–Kier alpha value is -2.99. The lowest BCUT2D eigenvalue weighted by Crippen LogP contribution is -2.60. The average molecular weight is 469 g/mol. The highest BCUT2D eigenvalue weighted by Gasteiger charge is 2.34. The standard InChI is InChI=1S/C21H36N6O6/c1-6-11(4)16(26-19(30)15(22)10(2)3)20(31)25-14(7-13-8-23-9-24-13)18(29)27-17(12(5)28)21(32)33/h8-12,14-17,28H,6-7,22H2,1-5H3,(H,23,24)(H,25,31)(H,26,30)(H,27,29)(H,32,33). The van der Waals surface area contributed by atoms with Crippen LogP contribution in [0, 0.1) is 11.8 Å². The number of aromatic nitrogens is 2. The van der Waals surface area contributed by atoms with Crippen molar-refractivity contribution < 1.29 is 29.4 Å². The molecular weight excluding hydrogens is 432 g/mol. The number of carboxylic acid groups (broad SMARTS) is 1. The van der Waals surface area contributed by atoms with E-state index < -0.39 is 54.0 Å². The van der Waals surface area contributed by atoms with E-state index in [0.29, 0.717) is 12.1 Å². The second-order valence-electron chi connectivity index (χ2n) is 8.55. The summed E-state index contributed by atoms with van der Waals surface area (Å²) in [6.45, 7) is 8.44. The number of aliphatic carboxylic acids is 1. The lowest BCUT2D eigenvalue weighted by atomic mass is 9.96. The lowest BCUT2D eigenvalue weighted by molar-refractivity contribution is -0.145. The van der Waals surface area contributed by atoms with Crippen molar-refractivity contribution in [1.82, 2.24) is 25.9 Å². The smallest absolute Gasteiger partial charge is 0.328 e. The molecular formula is C21H36N6O6. The van der Waals surface area contributed by atoms with Crippen molar-refractivity contribution in [2.24, 2.45) is 17.6 Å². The minimum atomic E-state index is -1.56. The fourth-order valence-electron chi connectivity index (χ4n) is 2.98. The number of nitrogens with zero attached hydrogens (tertiary/aromatic N) is 1. The maximum atomic E-state index is 13.1. The molecule has 12 heteroatoms. The molecule has 0 fully saturated rings. The summed E-state index contributed by atoms with van der Waals surface area (Å²) in [6.07, 6.45) is 2.05. The molecule has 6 unspecified atom stereocenters. The second kappa shape index (κ2) is 12.9. The van der Waals surface area contributed by atoms with Crippen LogP contribution in [0.2, 0.25) is 0 Å². The summed E-state index contributed by atoms with van der Waals surface area (Å²) in [5.74, 6) is -3.74. The van der Waals surface area contributed by atoms with Crippen LogP contribution in [0.1, 0.15) is 46.7 Å². The summed E-state index contributed by atoms with van der Waals surface area (Å²) in [7, 11) is 0. The van der Waals surface area contributed by atoms with E-state index in [2.05, 4.69) is 25.9 Å². The number of imidazole rings is 1. The number of nitrogens with two attached hydrogens (primary N) is 1. The van der Waals surface area contributed by atoms with E-state index >= 15 is 0 Å². The molecule has 0 saturated heterocycles. The lowest BCUT2D eigenvalue weighted by Gasteiger charge is -2.28. The van der Waals surface area contributed by atoms with Gasteiger partial charge in [0, 0.05) is 18.3 Å². The van der Waals surface area contributed by atoms with Crippen molar-refractivity contribution >= 4 is 23.7 Å². The third kappa shape index (κ3) is 8.46. The van der Waals surface area contributed by atoms with Gasteiger partial charge < -0.3 is 36.9 Å². The fourth-order valence-corrected chi connectivity index (χ4v) is 2.98. The van der Waals surface area contributed by atoms with E-state index in [1.54, 1.807) is 20.8 Å². The Bertz CT molecular complexity index is 797. The fraction of sp³-hybridized carbons (Fsp3) is 0.667. The topological polar surface area (TPSA) is 200 Å². The molecule has 0 bridgehead atoms. The van der Waals surface area contributed by atoms with Crippen LogP contribution in [0.25, 0.3) is 0 Å². The first kappa shape index (κ1) is 28.0. The number of aliphatic hydroxyl groups is 1. The van der Waals surface area contributed by atoms with Gasteiger partial charge in [-0.3, -0.25) is 14.4 Å². The monoisotopic (exact) mass is 468 g/mol. The highest BCUT2D eigenvalue weighted by Crippen LogP contribution is 2.11. The Balaban J connectivity index is 3.10. The molecule has 0 aliphatic heterocycles. The average Bonchev–Trinajstić information content (AvgIpc) is 3.26. The van der Waals surface area contributed by atoms with E-state index in [4.69, 9.17) is 5.73 Å². The van der Waals surface area contributed by atoms with E-state index in [1.165, 1.54) is 19.4 Å². The molecule has 0 aliphatic rings.